The van der Waals surface area contributed by atoms with Crippen LogP contribution >= 0.6 is 0 Å². The molecule has 2 rings (SSSR count). The summed E-state index contributed by atoms with van der Waals surface area (Å²) in [5.41, 5.74) is -2.00. The largest absolute Gasteiger partial charge is 0.491 e. The van der Waals surface area contributed by atoms with Gasteiger partial charge in [-0.15, -0.1) is 0 Å². The van der Waals surface area contributed by atoms with Crippen LogP contribution in [0.3, 0.4) is 0 Å². The normalized spacial score (nSPS) is 18.6. The summed E-state index contributed by atoms with van der Waals surface area (Å²) in [6, 6.07) is 2.07. The second kappa shape index (κ2) is 6.30. The molecule has 0 bridgehead atoms. The first-order valence-electron chi connectivity index (χ1n) is 7.81. The number of hydrogen-bond acceptors (Lipinski definition) is 5. The summed E-state index contributed by atoms with van der Waals surface area (Å²) >= 11 is 0. The molecule has 3 N–H and O–H groups in total. The molecule has 1 heterocycles. The zero-order chi connectivity index (χ0) is 19.2. The van der Waals surface area contributed by atoms with Gasteiger partial charge in [0.2, 0.25) is 0 Å². The van der Waals surface area contributed by atoms with E-state index in [4.69, 9.17) is 4.65 Å². The van der Waals surface area contributed by atoms with Crippen molar-refractivity contribution < 1.29 is 32.8 Å². The van der Waals surface area contributed by atoms with Crippen molar-refractivity contribution in [3.05, 3.63) is 23.8 Å². The van der Waals surface area contributed by atoms with E-state index in [0.29, 0.717) is 0 Å². The number of fused-ring (bicyclic) bond motifs is 1. The predicted octanol–water partition coefficient (Wildman–Crippen LogP) is 1.87. The lowest BCUT2D eigenvalue weighted by atomic mass is 9.75. The van der Waals surface area contributed by atoms with Crippen molar-refractivity contribution in [3.8, 4) is 0 Å². The first-order valence-corrected chi connectivity index (χ1v) is 7.81. The molecule has 1 aromatic carbocycles. The Morgan fingerprint density at radius 3 is 2.36 bits per heavy atom. The maximum atomic E-state index is 12.8. The second-order valence-electron chi connectivity index (χ2n) is 7.21. The molecular weight excluding hydrogens is 338 g/mol. The van der Waals surface area contributed by atoms with Crippen LogP contribution in [0.1, 0.15) is 44.5 Å². The molecule has 0 saturated carbocycles. The van der Waals surface area contributed by atoms with Crippen LogP contribution < -0.4 is 10.8 Å². The Labute approximate surface area is 144 Å². The number of benzene rings is 1. The first kappa shape index (κ1) is 19.7. The van der Waals surface area contributed by atoms with E-state index in [0.717, 1.165) is 0 Å². The molecule has 1 unspecified atom stereocenters. The number of ketones is 1. The quantitative estimate of drug-likeness (QED) is 0.716. The minimum absolute atomic E-state index is 0.0660. The van der Waals surface area contributed by atoms with Crippen molar-refractivity contribution >= 4 is 24.1 Å². The summed E-state index contributed by atoms with van der Waals surface area (Å²) in [5.74, 6) is -0.660. The van der Waals surface area contributed by atoms with Crippen LogP contribution in [0.25, 0.3) is 0 Å². The molecule has 0 amide bonds. The number of aliphatic hydroxyl groups is 1. The fourth-order valence-corrected chi connectivity index (χ4v) is 2.30. The van der Waals surface area contributed by atoms with E-state index in [1.807, 2.05) is 0 Å². The van der Waals surface area contributed by atoms with Gasteiger partial charge in [0.05, 0.1) is 11.2 Å². The summed E-state index contributed by atoms with van der Waals surface area (Å²) in [4.78, 5) is 12.1. The van der Waals surface area contributed by atoms with Crippen molar-refractivity contribution in [1.82, 2.24) is 0 Å². The van der Waals surface area contributed by atoms with Gasteiger partial charge in [-0.1, -0.05) is 6.07 Å². The van der Waals surface area contributed by atoms with Gasteiger partial charge in [0, 0.05) is 17.7 Å². The summed E-state index contributed by atoms with van der Waals surface area (Å²) in [6.07, 6.45) is -5.22. The van der Waals surface area contributed by atoms with Crippen LogP contribution in [0, 0.1) is 0 Å². The Bertz CT molecular complexity index is 670. The number of carbonyl (C=O) groups is 1. The maximum Gasteiger partial charge on any atom is 0.491 e. The van der Waals surface area contributed by atoms with Gasteiger partial charge in [0.25, 0.3) is 0 Å². The molecule has 138 valence electrons. The molecule has 25 heavy (non-hydrogen) atoms. The Morgan fingerprint density at radius 2 is 1.84 bits per heavy atom. The average Bonchev–Trinajstić information content (AvgIpc) is 2.44. The van der Waals surface area contributed by atoms with Crippen molar-refractivity contribution in [3.63, 3.8) is 0 Å². The van der Waals surface area contributed by atoms with Crippen molar-refractivity contribution in [2.24, 2.45) is 0 Å². The summed E-state index contributed by atoms with van der Waals surface area (Å²) < 4.78 is 43.9. The molecule has 0 saturated heterocycles. The Kier molecular flexibility index (Phi) is 4.98. The minimum Gasteiger partial charge on any atom is -0.423 e. The van der Waals surface area contributed by atoms with Gasteiger partial charge < -0.3 is 20.1 Å². The molecular formula is C16H21BF3NO4. The molecule has 0 fully saturated rings. The van der Waals surface area contributed by atoms with Crippen LogP contribution in [0.15, 0.2) is 18.2 Å². The zero-order valence-corrected chi connectivity index (χ0v) is 14.4. The number of hydrogen-bond donors (Lipinski definition) is 3. The lowest BCUT2D eigenvalue weighted by Gasteiger charge is -2.38. The number of halogens is 3. The number of nitrogens with one attached hydrogen (secondary N) is 1. The highest BCUT2D eigenvalue weighted by atomic mass is 19.4. The van der Waals surface area contributed by atoms with E-state index in [2.05, 4.69) is 5.32 Å². The van der Waals surface area contributed by atoms with Crippen LogP contribution in [-0.4, -0.2) is 46.5 Å². The van der Waals surface area contributed by atoms with Gasteiger partial charge in [0.1, 0.15) is 6.04 Å². The lowest BCUT2D eigenvalue weighted by Crippen LogP contribution is -2.53. The van der Waals surface area contributed by atoms with E-state index < -0.39 is 42.7 Å². The smallest absolute Gasteiger partial charge is 0.423 e. The van der Waals surface area contributed by atoms with Gasteiger partial charge in [-0.3, -0.25) is 4.79 Å². The van der Waals surface area contributed by atoms with Crippen LogP contribution in [0.4, 0.5) is 18.9 Å². The second-order valence-corrected chi connectivity index (χ2v) is 7.21. The fourth-order valence-electron chi connectivity index (χ4n) is 2.30. The Morgan fingerprint density at radius 1 is 1.24 bits per heavy atom. The standard InChI is InChI=1S/C16H21BF3NO4/c1-14(2,23)15(3,4)25-17(24)9-5-6-11-10(7-9)12(22)8-13(21-11)16(18,19)20/h5-7,13,21,23-24H,8H2,1-4H3. The number of anilines is 1. The first-order chi connectivity index (χ1) is 11.2. The summed E-state index contributed by atoms with van der Waals surface area (Å²) in [7, 11) is -1.44. The Hall–Kier alpha value is -1.58. The molecule has 1 aliphatic heterocycles. The molecule has 0 spiro atoms. The monoisotopic (exact) mass is 359 g/mol. The van der Waals surface area contributed by atoms with Gasteiger partial charge >= 0.3 is 13.3 Å². The molecule has 1 aliphatic rings. The highest BCUT2D eigenvalue weighted by Crippen LogP contribution is 2.33. The molecule has 9 heteroatoms. The summed E-state index contributed by atoms with van der Waals surface area (Å²) in [6.45, 7) is 6.24. The van der Waals surface area contributed by atoms with Crippen LogP contribution in [-0.2, 0) is 4.65 Å². The van der Waals surface area contributed by atoms with Crippen molar-refractivity contribution in [2.45, 2.75) is 57.5 Å². The van der Waals surface area contributed by atoms with E-state index in [1.165, 1.54) is 32.0 Å². The highest BCUT2D eigenvalue weighted by Gasteiger charge is 2.44. The highest BCUT2D eigenvalue weighted by molar-refractivity contribution is 6.60. The lowest BCUT2D eigenvalue weighted by molar-refractivity contribution is -0.142. The SMILES string of the molecule is CC(C)(O)C(C)(C)OB(O)c1ccc2c(c1)C(=O)CC(C(F)(F)F)N2. The molecule has 0 radical (unpaired) electrons. The third kappa shape index (κ3) is 4.16. The number of rotatable bonds is 4. The van der Waals surface area contributed by atoms with E-state index >= 15 is 0 Å². The molecule has 0 aromatic heterocycles. The molecule has 5 nitrogen and oxygen atoms in total. The maximum absolute atomic E-state index is 12.8. The Balaban J connectivity index is 2.25. The van der Waals surface area contributed by atoms with Crippen LogP contribution in [0.5, 0.6) is 0 Å². The van der Waals surface area contributed by atoms with E-state index in [1.54, 1.807) is 13.8 Å². The molecule has 1 aromatic rings. The van der Waals surface area contributed by atoms with Gasteiger partial charge in [-0.05, 0) is 45.3 Å². The molecule has 1 atom stereocenters. The molecule has 0 aliphatic carbocycles. The number of alkyl halides is 3. The van der Waals surface area contributed by atoms with E-state index in [9.17, 15) is 28.1 Å². The van der Waals surface area contributed by atoms with E-state index in [-0.39, 0.29) is 16.7 Å². The minimum atomic E-state index is -4.52. The number of Topliss-reactive ketones (excluding diaryl/α,β-unsaturated/α-hetero) is 1. The topological polar surface area (TPSA) is 78.8 Å². The van der Waals surface area contributed by atoms with Crippen molar-refractivity contribution in [1.29, 1.82) is 0 Å². The van der Waals surface area contributed by atoms with Gasteiger partial charge in [-0.2, -0.15) is 13.2 Å². The van der Waals surface area contributed by atoms with Gasteiger partial charge in [0.15, 0.2) is 5.78 Å². The number of carbonyl (C=O) groups excluding carboxylic acids is 1. The zero-order valence-electron chi connectivity index (χ0n) is 14.4. The fraction of sp³-hybridized carbons (Fsp3) is 0.562. The summed E-state index contributed by atoms with van der Waals surface area (Å²) in [5, 5.41) is 22.6. The predicted molar refractivity (Wildman–Crippen MR) is 87.9 cm³/mol. The average molecular weight is 359 g/mol. The van der Waals surface area contributed by atoms with Crippen molar-refractivity contribution in [2.75, 3.05) is 5.32 Å². The van der Waals surface area contributed by atoms with Crippen LogP contribution in [0.2, 0.25) is 0 Å². The van der Waals surface area contributed by atoms with Gasteiger partial charge in [-0.25, -0.2) is 0 Å². The third-order valence-corrected chi connectivity index (χ3v) is 4.62. The third-order valence-electron chi connectivity index (χ3n) is 4.62.